The number of hydrogen-bond donors (Lipinski definition) is 1. The number of hydrogen-bond acceptors (Lipinski definition) is 5. The SMILES string of the molecule is Cc1ccccc1CN1CCCN(C(=O)COc2cccc(NC(=O)c3ccco3)c2)CC1. The molecule has 0 spiro atoms. The molecule has 172 valence electrons. The normalized spacial score (nSPS) is 14.5. The maximum absolute atomic E-state index is 12.8. The predicted octanol–water partition coefficient (Wildman–Crippen LogP) is 3.95. The fraction of sp³-hybridized carbons (Fsp3) is 0.308. The van der Waals surface area contributed by atoms with Crippen LogP contribution >= 0.6 is 0 Å². The van der Waals surface area contributed by atoms with Gasteiger partial charge in [-0.1, -0.05) is 30.3 Å². The average Bonchev–Trinajstić information content (AvgIpc) is 3.26. The highest BCUT2D eigenvalue weighted by atomic mass is 16.5. The van der Waals surface area contributed by atoms with Crippen molar-refractivity contribution < 1.29 is 18.7 Å². The lowest BCUT2D eigenvalue weighted by atomic mass is 10.1. The Hall–Kier alpha value is -3.58. The number of anilines is 1. The van der Waals surface area contributed by atoms with Crippen LogP contribution in [0.25, 0.3) is 0 Å². The third-order valence-electron chi connectivity index (χ3n) is 5.80. The fourth-order valence-corrected chi connectivity index (χ4v) is 3.91. The first kappa shape index (κ1) is 22.6. The number of carbonyl (C=O) groups is 2. The fourth-order valence-electron chi connectivity index (χ4n) is 3.91. The molecular weight excluding hydrogens is 418 g/mol. The van der Waals surface area contributed by atoms with E-state index in [1.807, 2.05) is 4.90 Å². The summed E-state index contributed by atoms with van der Waals surface area (Å²) in [6.45, 7) is 6.23. The number of amides is 2. The summed E-state index contributed by atoms with van der Waals surface area (Å²) in [7, 11) is 0. The summed E-state index contributed by atoms with van der Waals surface area (Å²) in [6.07, 6.45) is 2.39. The van der Waals surface area contributed by atoms with Gasteiger partial charge in [-0.15, -0.1) is 0 Å². The van der Waals surface area contributed by atoms with Crippen LogP contribution < -0.4 is 10.1 Å². The monoisotopic (exact) mass is 447 g/mol. The molecule has 2 aromatic carbocycles. The number of carbonyl (C=O) groups excluding carboxylic acids is 2. The van der Waals surface area contributed by atoms with E-state index >= 15 is 0 Å². The molecule has 1 aliphatic rings. The van der Waals surface area contributed by atoms with Gasteiger partial charge in [0.1, 0.15) is 5.75 Å². The third kappa shape index (κ3) is 6.23. The van der Waals surface area contributed by atoms with E-state index in [1.54, 1.807) is 36.4 Å². The lowest BCUT2D eigenvalue weighted by molar-refractivity contribution is -0.133. The predicted molar refractivity (Wildman–Crippen MR) is 126 cm³/mol. The highest BCUT2D eigenvalue weighted by molar-refractivity contribution is 6.02. The Morgan fingerprint density at radius 3 is 2.70 bits per heavy atom. The zero-order valence-corrected chi connectivity index (χ0v) is 18.8. The van der Waals surface area contributed by atoms with E-state index in [-0.39, 0.29) is 24.2 Å². The van der Waals surface area contributed by atoms with Crippen molar-refractivity contribution in [1.29, 1.82) is 0 Å². The van der Waals surface area contributed by atoms with Crippen LogP contribution in [0.2, 0.25) is 0 Å². The van der Waals surface area contributed by atoms with Gasteiger partial charge in [-0.2, -0.15) is 0 Å². The summed E-state index contributed by atoms with van der Waals surface area (Å²) >= 11 is 0. The molecule has 1 aliphatic heterocycles. The van der Waals surface area contributed by atoms with Gasteiger partial charge in [0.15, 0.2) is 12.4 Å². The molecule has 3 aromatic rings. The zero-order valence-electron chi connectivity index (χ0n) is 18.8. The van der Waals surface area contributed by atoms with Crippen molar-refractivity contribution in [1.82, 2.24) is 9.80 Å². The van der Waals surface area contributed by atoms with Crippen molar-refractivity contribution in [3.63, 3.8) is 0 Å². The van der Waals surface area contributed by atoms with Crippen molar-refractivity contribution in [2.45, 2.75) is 19.9 Å². The Balaban J connectivity index is 1.26. The molecule has 0 bridgehead atoms. The molecule has 4 rings (SSSR count). The molecule has 1 N–H and O–H groups in total. The third-order valence-corrected chi connectivity index (χ3v) is 5.80. The van der Waals surface area contributed by atoms with Crippen LogP contribution in [-0.2, 0) is 11.3 Å². The Morgan fingerprint density at radius 1 is 1.00 bits per heavy atom. The van der Waals surface area contributed by atoms with Gasteiger partial charge in [-0.25, -0.2) is 0 Å². The lowest BCUT2D eigenvalue weighted by Crippen LogP contribution is -2.38. The van der Waals surface area contributed by atoms with Crippen molar-refractivity contribution in [3.8, 4) is 5.75 Å². The molecule has 2 heterocycles. The van der Waals surface area contributed by atoms with Gasteiger partial charge < -0.3 is 19.4 Å². The van der Waals surface area contributed by atoms with Crippen molar-refractivity contribution >= 4 is 17.5 Å². The first-order valence-corrected chi connectivity index (χ1v) is 11.2. The average molecular weight is 448 g/mol. The Morgan fingerprint density at radius 2 is 1.88 bits per heavy atom. The first-order chi connectivity index (χ1) is 16.1. The minimum absolute atomic E-state index is 0.0298. The topological polar surface area (TPSA) is 75.0 Å². The van der Waals surface area contributed by atoms with Crippen molar-refractivity contribution in [2.24, 2.45) is 0 Å². The summed E-state index contributed by atoms with van der Waals surface area (Å²) in [5.41, 5.74) is 3.20. The van der Waals surface area contributed by atoms with E-state index < -0.39 is 0 Å². The second-order valence-corrected chi connectivity index (χ2v) is 8.18. The molecule has 7 heteroatoms. The van der Waals surface area contributed by atoms with E-state index in [0.29, 0.717) is 18.0 Å². The highest BCUT2D eigenvalue weighted by Gasteiger charge is 2.20. The van der Waals surface area contributed by atoms with Crippen LogP contribution in [0, 0.1) is 6.92 Å². The molecule has 1 fully saturated rings. The molecule has 0 saturated carbocycles. The molecule has 2 amide bonds. The molecule has 33 heavy (non-hydrogen) atoms. The van der Waals surface area contributed by atoms with Crippen LogP contribution in [0.3, 0.4) is 0 Å². The standard InChI is InChI=1S/C26H29N3O4/c1-20-7-2-3-8-21(20)18-28-12-6-13-29(15-14-28)25(30)19-33-23-10-4-9-22(17-23)27-26(31)24-11-5-16-32-24/h2-5,7-11,16-17H,6,12-15,18-19H2,1H3,(H,27,31). The number of nitrogens with zero attached hydrogens (tertiary/aromatic N) is 2. The second-order valence-electron chi connectivity index (χ2n) is 8.18. The van der Waals surface area contributed by atoms with Gasteiger partial charge in [0.25, 0.3) is 11.8 Å². The molecule has 0 unspecified atom stereocenters. The lowest BCUT2D eigenvalue weighted by Gasteiger charge is -2.22. The van der Waals surface area contributed by atoms with Crippen LogP contribution in [0.15, 0.2) is 71.3 Å². The van der Waals surface area contributed by atoms with Gasteiger partial charge in [-0.3, -0.25) is 14.5 Å². The van der Waals surface area contributed by atoms with E-state index in [9.17, 15) is 9.59 Å². The quantitative estimate of drug-likeness (QED) is 0.594. The van der Waals surface area contributed by atoms with Crippen molar-refractivity contribution in [3.05, 3.63) is 83.8 Å². The second kappa shape index (κ2) is 10.8. The molecular formula is C26H29N3O4. The molecule has 1 saturated heterocycles. The molecule has 0 aliphatic carbocycles. The summed E-state index contributed by atoms with van der Waals surface area (Å²) in [6, 6.07) is 18.7. The van der Waals surface area contributed by atoms with Crippen LogP contribution in [0.4, 0.5) is 5.69 Å². The number of aryl methyl sites for hydroxylation is 1. The van der Waals surface area contributed by atoms with Gasteiger partial charge in [0.2, 0.25) is 0 Å². The number of benzene rings is 2. The van der Waals surface area contributed by atoms with Crippen molar-refractivity contribution in [2.75, 3.05) is 38.1 Å². The Bertz CT molecular complexity index is 1080. The minimum atomic E-state index is -0.340. The molecule has 1 aromatic heterocycles. The maximum Gasteiger partial charge on any atom is 0.291 e. The Labute approximate surface area is 193 Å². The maximum atomic E-state index is 12.8. The summed E-state index contributed by atoms with van der Waals surface area (Å²) < 4.78 is 10.8. The van der Waals surface area contributed by atoms with Gasteiger partial charge in [0, 0.05) is 44.5 Å². The van der Waals surface area contributed by atoms with E-state index in [4.69, 9.17) is 9.15 Å². The summed E-state index contributed by atoms with van der Waals surface area (Å²) in [4.78, 5) is 29.2. The van der Waals surface area contributed by atoms with E-state index in [1.165, 1.54) is 17.4 Å². The summed E-state index contributed by atoms with van der Waals surface area (Å²) in [5, 5.41) is 2.76. The number of ether oxygens (including phenoxy) is 1. The minimum Gasteiger partial charge on any atom is -0.484 e. The van der Waals surface area contributed by atoms with E-state index in [0.717, 1.165) is 32.6 Å². The number of rotatable bonds is 7. The van der Waals surface area contributed by atoms with Gasteiger partial charge >= 0.3 is 0 Å². The number of furan rings is 1. The molecule has 0 radical (unpaired) electrons. The van der Waals surface area contributed by atoms with Crippen LogP contribution in [0.5, 0.6) is 5.75 Å². The van der Waals surface area contributed by atoms with Crippen LogP contribution in [-0.4, -0.2) is 54.4 Å². The highest BCUT2D eigenvalue weighted by Crippen LogP contribution is 2.19. The zero-order chi connectivity index (χ0) is 23.0. The van der Waals surface area contributed by atoms with Gasteiger partial charge in [0.05, 0.1) is 6.26 Å². The van der Waals surface area contributed by atoms with Crippen LogP contribution in [0.1, 0.15) is 28.1 Å². The first-order valence-electron chi connectivity index (χ1n) is 11.2. The smallest absolute Gasteiger partial charge is 0.291 e. The van der Waals surface area contributed by atoms with E-state index in [2.05, 4.69) is 41.4 Å². The molecule has 7 nitrogen and oxygen atoms in total. The molecule has 0 atom stereocenters. The van der Waals surface area contributed by atoms with Gasteiger partial charge in [-0.05, 0) is 48.7 Å². The number of nitrogens with one attached hydrogen (secondary N) is 1. The Kier molecular flexibility index (Phi) is 7.42. The summed E-state index contributed by atoms with van der Waals surface area (Å²) in [5.74, 6) is 0.386. The largest absolute Gasteiger partial charge is 0.484 e.